The minimum Gasteiger partial charge on any atom is -0.436 e. The Balaban J connectivity index is 1.58. The summed E-state index contributed by atoms with van der Waals surface area (Å²) in [5.41, 5.74) is 4.38. The standard InChI is InChI=1S/C22H18ClN2O/c1-16-4-8-18(9-5-16)21-13-24-22(26-21)19-3-2-12-25(15-19)14-17-6-10-20(23)11-7-17/h2-13,15H,14H2,1H3/q+1. The van der Waals surface area contributed by atoms with Crippen molar-refractivity contribution in [3.8, 4) is 22.8 Å². The lowest BCUT2D eigenvalue weighted by atomic mass is 10.1. The first-order chi connectivity index (χ1) is 12.7. The Morgan fingerprint density at radius 2 is 1.73 bits per heavy atom. The Labute approximate surface area is 157 Å². The van der Waals surface area contributed by atoms with Crippen LogP contribution in [-0.2, 0) is 6.54 Å². The Morgan fingerprint density at radius 1 is 0.962 bits per heavy atom. The van der Waals surface area contributed by atoms with E-state index in [-0.39, 0.29) is 0 Å². The first-order valence-corrected chi connectivity index (χ1v) is 8.82. The maximum atomic E-state index is 5.97. The first kappa shape index (κ1) is 16.6. The molecule has 0 spiro atoms. The summed E-state index contributed by atoms with van der Waals surface area (Å²) in [4.78, 5) is 4.45. The molecule has 0 N–H and O–H groups in total. The van der Waals surface area contributed by atoms with Crippen LogP contribution in [0.2, 0.25) is 5.02 Å². The second-order valence-corrected chi connectivity index (χ2v) is 6.72. The summed E-state index contributed by atoms with van der Waals surface area (Å²) >= 11 is 5.95. The minimum absolute atomic E-state index is 0.617. The van der Waals surface area contributed by atoms with E-state index < -0.39 is 0 Å². The van der Waals surface area contributed by atoms with E-state index in [0.717, 1.165) is 28.5 Å². The summed E-state index contributed by atoms with van der Waals surface area (Å²) < 4.78 is 8.08. The predicted molar refractivity (Wildman–Crippen MR) is 103 cm³/mol. The van der Waals surface area contributed by atoms with Gasteiger partial charge in [0.15, 0.2) is 24.7 Å². The van der Waals surface area contributed by atoms with Gasteiger partial charge in [0.1, 0.15) is 5.56 Å². The molecule has 0 amide bonds. The largest absolute Gasteiger partial charge is 0.436 e. The van der Waals surface area contributed by atoms with Gasteiger partial charge in [0, 0.05) is 22.2 Å². The summed E-state index contributed by atoms with van der Waals surface area (Å²) in [6.07, 6.45) is 5.85. The quantitative estimate of drug-likeness (QED) is 0.461. The lowest BCUT2D eigenvalue weighted by molar-refractivity contribution is -0.687. The van der Waals surface area contributed by atoms with Crippen molar-refractivity contribution in [2.45, 2.75) is 13.5 Å². The van der Waals surface area contributed by atoms with Gasteiger partial charge in [-0.05, 0) is 25.1 Å². The highest BCUT2D eigenvalue weighted by atomic mass is 35.5. The number of halogens is 1. The second-order valence-electron chi connectivity index (χ2n) is 6.29. The van der Waals surface area contributed by atoms with E-state index in [0.29, 0.717) is 5.89 Å². The smallest absolute Gasteiger partial charge is 0.232 e. The number of rotatable bonds is 4. The van der Waals surface area contributed by atoms with Crippen molar-refractivity contribution in [3.63, 3.8) is 0 Å². The van der Waals surface area contributed by atoms with Gasteiger partial charge in [0.05, 0.1) is 6.20 Å². The molecule has 0 aliphatic heterocycles. The Bertz CT molecular complexity index is 1020. The van der Waals surface area contributed by atoms with Crippen LogP contribution in [0.5, 0.6) is 0 Å². The van der Waals surface area contributed by atoms with E-state index in [1.807, 2.05) is 60.9 Å². The molecule has 0 saturated heterocycles. The number of aromatic nitrogens is 2. The molecule has 0 aliphatic rings. The minimum atomic E-state index is 0.617. The maximum Gasteiger partial charge on any atom is 0.232 e. The van der Waals surface area contributed by atoms with Gasteiger partial charge in [-0.3, -0.25) is 0 Å². The van der Waals surface area contributed by atoms with E-state index in [9.17, 15) is 0 Å². The maximum absolute atomic E-state index is 5.97. The number of hydrogen-bond acceptors (Lipinski definition) is 2. The summed E-state index contributed by atoms with van der Waals surface area (Å²) in [6, 6.07) is 20.1. The Kier molecular flexibility index (Phi) is 4.55. The van der Waals surface area contributed by atoms with Crippen LogP contribution in [-0.4, -0.2) is 4.98 Å². The molecular weight excluding hydrogens is 344 g/mol. The SMILES string of the molecule is Cc1ccc(-c2cnc(-c3ccc[n+](Cc4ccc(Cl)cc4)c3)o2)cc1. The second kappa shape index (κ2) is 7.14. The Morgan fingerprint density at radius 3 is 2.50 bits per heavy atom. The van der Waals surface area contributed by atoms with Crippen molar-refractivity contribution in [1.29, 1.82) is 0 Å². The average molecular weight is 362 g/mol. The zero-order valence-corrected chi connectivity index (χ0v) is 15.1. The molecule has 2 aromatic carbocycles. The van der Waals surface area contributed by atoms with Crippen LogP contribution in [0.25, 0.3) is 22.8 Å². The molecule has 2 aromatic heterocycles. The molecule has 0 aliphatic carbocycles. The number of aryl methyl sites for hydroxylation is 1. The molecule has 0 bridgehead atoms. The van der Waals surface area contributed by atoms with Crippen molar-refractivity contribution < 1.29 is 8.98 Å². The number of nitrogens with zero attached hydrogens (tertiary/aromatic N) is 2. The van der Waals surface area contributed by atoms with Crippen molar-refractivity contribution in [3.05, 3.63) is 95.4 Å². The van der Waals surface area contributed by atoms with E-state index in [1.165, 1.54) is 11.1 Å². The molecule has 26 heavy (non-hydrogen) atoms. The van der Waals surface area contributed by atoms with Crippen LogP contribution in [0, 0.1) is 6.92 Å². The monoisotopic (exact) mass is 361 g/mol. The van der Waals surface area contributed by atoms with E-state index in [4.69, 9.17) is 16.0 Å². The van der Waals surface area contributed by atoms with E-state index >= 15 is 0 Å². The highest BCUT2D eigenvalue weighted by Crippen LogP contribution is 2.25. The van der Waals surface area contributed by atoms with Crippen molar-refractivity contribution >= 4 is 11.6 Å². The summed E-state index contributed by atoms with van der Waals surface area (Å²) in [5, 5.41) is 0.746. The molecule has 0 unspecified atom stereocenters. The van der Waals surface area contributed by atoms with Crippen molar-refractivity contribution in [2.24, 2.45) is 0 Å². The predicted octanol–water partition coefficient (Wildman–Crippen LogP) is 5.31. The molecule has 0 saturated carbocycles. The van der Waals surface area contributed by atoms with E-state index in [2.05, 4.69) is 28.6 Å². The third kappa shape index (κ3) is 3.68. The number of hydrogen-bond donors (Lipinski definition) is 0. The fraction of sp³-hybridized carbons (Fsp3) is 0.0909. The first-order valence-electron chi connectivity index (χ1n) is 8.44. The number of oxazole rings is 1. The molecule has 128 valence electrons. The molecule has 4 rings (SSSR count). The van der Waals surface area contributed by atoms with Crippen molar-refractivity contribution in [1.82, 2.24) is 4.98 Å². The van der Waals surface area contributed by atoms with Gasteiger partial charge in [-0.25, -0.2) is 4.98 Å². The zero-order chi connectivity index (χ0) is 17.9. The summed E-state index contributed by atoms with van der Waals surface area (Å²) in [5.74, 6) is 1.39. The third-order valence-corrected chi connectivity index (χ3v) is 4.48. The van der Waals surface area contributed by atoms with Gasteiger partial charge in [0.25, 0.3) is 0 Å². The fourth-order valence-corrected chi connectivity index (χ4v) is 2.93. The number of benzene rings is 2. The Hall–Kier alpha value is -2.91. The van der Waals surface area contributed by atoms with Gasteiger partial charge in [0.2, 0.25) is 5.89 Å². The highest BCUT2D eigenvalue weighted by Gasteiger charge is 2.12. The summed E-state index contributed by atoms with van der Waals surface area (Å²) in [7, 11) is 0. The van der Waals surface area contributed by atoms with Gasteiger partial charge in [-0.2, -0.15) is 4.57 Å². The molecule has 0 fully saturated rings. The fourth-order valence-electron chi connectivity index (χ4n) is 2.81. The van der Waals surface area contributed by atoms with Crippen molar-refractivity contribution in [2.75, 3.05) is 0 Å². The molecule has 4 heteroatoms. The molecule has 4 aromatic rings. The van der Waals surface area contributed by atoms with Crippen LogP contribution in [0.15, 0.2) is 83.7 Å². The van der Waals surface area contributed by atoms with Gasteiger partial charge in [-0.15, -0.1) is 0 Å². The molecule has 2 heterocycles. The lowest BCUT2D eigenvalue weighted by Gasteiger charge is -2.00. The van der Waals surface area contributed by atoms with Gasteiger partial charge >= 0.3 is 0 Å². The molecule has 0 radical (unpaired) electrons. The average Bonchev–Trinajstić information content (AvgIpc) is 3.15. The highest BCUT2D eigenvalue weighted by molar-refractivity contribution is 6.30. The molecule has 3 nitrogen and oxygen atoms in total. The van der Waals surface area contributed by atoms with Gasteiger partial charge in [-0.1, -0.05) is 53.6 Å². The van der Waals surface area contributed by atoms with Gasteiger partial charge < -0.3 is 4.42 Å². The van der Waals surface area contributed by atoms with Crippen LogP contribution < -0.4 is 4.57 Å². The topological polar surface area (TPSA) is 29.9 Å². The van der Waals surface area contributed by atoms with E-state index in [1.54, 1.807) is 6.20 Å². The van der Waals surface area contributed by atoms with Crippen LogP contribution >= 0.6 is 11.6 Å². The molecular formula is C22H18ClN2O+. The lowest BCUT2D eigenvalue weighted by Crippen LogP contribution is -2.33. The normalized spacial score (nSPS) is 10.8. The third-order valence-electron chi connectivity index (χ3n) is 4.23. The van der Waals surface area contributed by atoms with Crippen LogP contribution in [0.1, 0.15) is 11.1 Å². The van der Waals surface area contributed by atoms with Crippen LogP contribution in [0.3, 0.4) is 0 Å². The van der Waals surface area contributed by atoms with Crippen LogP contribution in [0.4, 0.5) is 0 Å². The number of pyridine rings is 1. The zero-order valence-electron chi connectivity index (χ0n) is 14.4. The summed E-state index contributed by atoms with van der Waals surface area (Å²) in [6.45, 7) is 2.83. The molecule has 0 atom stereocenters.